The molecule has 0 radical (unpaired) electrons. The Labute approximate surface area is 215 Å². The summed E-state index contributed by atoms with van der Waals surface area (Å²) in [7, 11) is 0. The van der Waals surface area contributed by atoms with E-state index in [0.29, 0.717) is 36.5 Å². The van der Waals surface area contributed by atoms with Crippen LogP contribution in [-0.4, -0.2) is 14.8 Å². The van der Waals surface area contributed by atoms with Gasteiger partial charge in [0.15, 0.2) is 4.32 Å². The molecule has 1 amide bonds. The quantitative estimate of drug-likeness (QED) is 0.197. The average molecular weight is 530 g/mol. The number of anilines is 1. The lowest BCUT2D eigenvalue weighted by Crippen LogP contribution is -2.27. The minimum atomic E-state index is -0.162. The fraction of sp³-hybridized carbons (Fsp3) is 0.0400. The first kappa shape index (κ1) is 22.5. The Hall–Kier alpha value is -2.28. The summed E-state index contributed by atoms with van der Waals surface area (Å²) in [5, 5.41) is 2.80. The van der Waals surface area contributed by atoms with E-state index >= 15 is 0 Å². The lowest BCUT2D eigenvalue weighted by atomic mass is 10.1. The molecule has 0 bridgehead atoms. The van der Waals surface area contributed by atoms with Crippen molar-refractivity contribution in [2.24, 2.45) is 0 Å². The number of hydrogen-bond donors (Lipinski definition) is 0. The van der Waals surface area contributed by atoms with Gasteiger partial charge in [-0.2, -0.15) is 0 Å². The van der Waals surface area contributed by atoms with E-state index in [0.717, 1.165) is 22.0 Å². The smallest absolute Gasteiger partial charge is 0.270 e. The van der Waals surface area contributed by atoms with Gasteiger partial charge in [-0.25, -0.2) is 0 Å². The third kappa shape index (κ3) is 4.44. The van der Waals surface area contributed by atoms with Crippen molar-refractivity contribution < 1.29 is 4.79 Å². The number of rotatable bonds is 4. The minimum absolute atomic E-state index is 0.162. The normalized spacial score (nSPS) is 15.2. The number of carbonyl (C=O) groups excluding carboxylic acids is 1. The summed E-state index contributed by atoms with van der Waals surface area (Å²) in [6.45, 7) is 0.577. The molecule has 5 rings (SSSR count). The second-order valence-corrected chi connectivity index (χ2v) is 10.4. The minimum Gasteiger partial charge on any atom is -0.342 e. The number of nitrogens with zero attached hydrogens (tertiary/aromatic N) is 2. The standard InChI is InChI=1S/C25H15Cl3N2OS2/c26-17-4-3-5-19(11-17)30-24(31)23(33-25(30)32)10-16-14-29(22-7-2-1-6-20(16)22)13-15-8-9-18(27)12-21(15)28/h1-12,14H,13H2/b23-10+. The molecule has 2 heterocycles. The maximum atomic E-state index is 13.2. The molecule has 1 aliphatic heterocycles. The summed E-state index contributed by atoms with van der Waals surface area (Å²) in [6.07, 6.45) is 3.92. The fourth-order valence-corrected chi connectivity index (χ4v) is 5.74. The average Bonchev–Trinajstić information content (AvgIpc) is 3.27. The number of amides is 1. The number of thioether (sulfide) groups is 1. The van der Waals surface area contributed by atoms with E-state index in [-0.39, 0.29) is 5.91 Å². The van der Waals surface area contributed by atoms with Crippen molar-refractivity contribution in [1.29, 1.82) is 0 Å². The van der Waals surface area contributed by atoms with Crippen LogP contribution in [-0.2, 0) is 11.3 Å². The fourth-order valence-electron chi connectivity index (χ4n) is 3.80. The Balaban J connectivity index is 1.53. The Morgan fingerprint density at radius 1 is 0.939 bits per heavy atom. The molecule has 33 heavy (non-hydrogen) atoms. The number of benzene rings is 3. The van der Waals surface area contributed by atoms with Gasteiger partial charge in [0.25, 0.3) is 5.91 Å². The van der Waals surface area contributed by atoms with Crippen LogP contribution in [0.25, 0.3) is 17.0 Å². The number of hydrogen-bond acceptors (Lipinski definition) is 3. The van der Waals surface area contributed by atoms with Gasteiger partial charge in [0.1, 0.15) is 0 Å². The first-order valence-corrected chi connectivity index (χ1v) is 12.3. The summed E-state index contributed by atoms with van der Waals surface area (Å²) in [4.78, 5) is 15.3. The summed E-state index contributed by atoms with van der Waals surface area (Å²) in [5.74, 6) is -0.162. The molecule has 0 aliphatic carbocycles. The maximum absolute atomic E-state index is 13.2. The summed E-state index contributed by atoms with van der Waals surface area (Å²) in [6, 6.07) is 20.7. The van der Waals surface area contributed by atoms with Crippen molar-refractivity contribution >= 4 is 91.7 Å². The van der Waals surface area contributed by atoms with Crippen molar-refractivity contribution in [2.75, 3.05) is 4.90 Å². The molecule has 8 heteroatoms. The number of carbonyl (C=O) groups is 1. The maximum Gasteiger partial charge on any atom is 0.270 e. The molecule has 3 nitrogen and oxygen atoms in total. The molecule has 0 atom stereocenters. The van der Waals surface area contributed by atoms with E-state index in [1.807, 2.05) is 54.7 Å². The zero-order chi connectivity index (χ0) is 23.1. The van der Waals surface area contributed by atoms with Crippen LogP contribution in [0.15, 0.2) is 77.8 Å². The van der Waals surface area contributed by atoms with Gasteiger partial charge in [0.05, 0.1) is 10.6 Å². The second-order valence-electron chi connectivity index (χ2n) is 7.46. The molecule has 164 valence electrons. The molecular formula is C25H15Cl3N2OS2. The molecule has 1 fully saturated rings. The Morgan fingerprint density at radius 2 is 1.73 bits per heavy atom. The Kier molecular flexibility index (Phi) is 6.25. The van der Waals surface area contributed by atoms with Crippen LogP contribution in [0.5, 0.6) is 0 Å². The van der Waals surface area contributed by atoms with Crippen molar-refractivity contribution in [2.45, 2.75) is 6.54 Å². The van der Waals surface area contributed by atoms with E-state index < -0.39 is 0 Å². The highest BCUT2D eigenvalue weighted by Crippen LogP contribution is 2.38. The van der Waals surface area contributed by atoms with Crippen molar-refractivity contribution in [3.63, 3.8) is 0 Å². The lowest BCUT2D eigenvalue weighted by molar-refractivity contribution is -0.113. The third-order valence-electron chi connectivity index (χ3n) is 5.32. The molecule has 0 N–H and O–H groups in total. The number of halogens is 3. The summed E-state index contributed by atoms with van der Waals surface area (Å²) < 4.78 is 2.60. The van der Waals surface area contributed by atoms with Crippen molar-refractivity contribution in [3.05, 3.63) is 104 Å². The molecule has 0 unspecified atom stereocenters. The van der Waals surface area contributed by atoms with Gasteiger partial charge in [-0.3, -0.25) is 9.69 Å². The van der Waals surface area contributed by atoms with E-state index in [4.69, 9.17) is 47.0 Å². The highest BCUT2D eigenvalue weighted by atomic mass is 35.5. The molecule has 0 saturated carbocycles. The van der Waals surface area contributed by atoms with Gasteiger partial charge >= 0.3 is 0 Å². The zero-order valence-electron chi connectivity index (χ0n) is 17.0. The van der Waals surface area contributed by atoms with Crippen LogP contribution in [0, 0.1) is 0 Å². The molecule has 4 aromatic rings. The topological polar surface area (TPSA) is 25.2 Å². The van der Waals surface area contributed by atoms with Gasteiger partial charge < -0.3 is 4.57 Å². The number of thiocarbonyl (C=S) groups is 1. The van der Waals surface area contributed by atoms with E-state index in [9.17, 15) is 4.79 Å². The second kappa shape index (κ2) is 9.16. The molecule has 3 aromatic carbocycles. The number of para-hydroxylation sites is 1. The molecule has 0 spiro atoms. The van der Waals surface area contributed by atoms with E-state index in [1.165, 1.54) is 16.7 Å². The SMILES string of the molecule is O=C1/C(=C\c2cn(Cc3ccc(Cl)cc3Cl)c3ccccc23)SC(=S)N1c1cccc(Cl)c1. The van der Waals surface area contributed by atoms with Crippen LogP contribution >= 0.6 is 58.8 Å². The first-order chi connectivity index (χ1) is 15.9. The Morgan fingerprint density at radius 3 is 2.52 bits per heavy atom. The van der Waals surface area contributed by atoms with Crippen LogP contribution in [0.3, 0.4) is 0 Å². The van der Waals surface area contributed by atoms with Gasteiger partial charge in [0.2, 0.25) is 0 Å². The molecule has 1 aliphatic rings. The molecule has 1 aromatic heterocycles. The van der Waals surface area contributed by atoms with E-state index in [2.05, 4.69) is 4.57 Å². The summed E-state index contributed by atoms with van der Waals surface area (Å²) in [5.41, 5.74) is 3.59. The van der Waals surface area contributed by atoms with Gasteiger partial charge in [0, 0.05) is 44.3 Å². The Bertz CT molecular complexity index is 1460. The largest absolute Gasteiger partial charge is 0.342 e. The third-order valence-corrected chi connectivity index (χ3v) is 7.45. The highest BCUT2D eigenvalue weighted by Gasteiger charge is 2.33. The number of aromatic nitrogens is 1. The molecule has 1 saturated heterocycles. The van der Waals surface area contributed by atoms with Crippen LogP contribution in [0.4, 0.5) is 5.69 Å². The first-order valence-electron chi connectivity index (χ1n) is 9.96. The number of fused-ring (bicyclic) bond motifs is 1. The lowest BCUT2D eigenvalue weighted by Gasteiger charge is -2.14. The predicted octanol–water partition coefficient (Wildman–Crippen LogP) is 8.06. The zero-order valence-corrected chi connectivity index (χ0v) is 20.9. The van der Waals surface area contributed by atoms with Crippen LogP contribution in [0.2, 0.25) is 15.1 Å². The molecular weight excluding hydrogens is 515 g/mol. The van der Waals surface area contributed by atoms with Crippen LogP contribution in [0.1, 0.15) is 11.1 Å². The van der Waals surface area contributed by atoms with Gasteiger partial charge in [-0.05, 0) is 48.0 Å². The van der Waals surface area contributed by atoms with Gasteiger partial charge in [-0.1, -0.05) is 89.1 Å². The van der Waals surface area contributed by atoms with Crippen molar-refractivity contribution in [3.8, 4) is 0 Å². The van der Waals surface area contributed by atoms with Gasteiger partial charge in [-0.15, -0.1) is 0 Å². The predicted molar refractivity (Wildman–Crippen MR) is 145 cm³/mol. The van der Waals surface area contributed by atoms with E-state index in [1.54, 1.807) is 24.3 Å². The van der Waals surface area contributed by atoms with Crippen LogP contribution < -0.4 is 4.90 Å². The summed E-state index contributed by atoms with van der Waals surface area (Å²) >= 11 is 25.4. The monoisotopic (exact) mass is 528 g/mol. The highest BCUT2D eigenvalue weighted by molar-refractivity contribution is 8.27. The van der Waals surface area contributed by atoms with Crippen molar-refractivity contribution in [1.82, 2.24) is 4.57 Å².